The van der Waals surface area contributed by atoms with E-state index < -0.39 is 0 Å². The van der Waals surface area contributed by atoms with Gasteiger partial charge < -0.3 is 4.57 Å². The fourth-order valence-corrected chi connectivity index (χ4v) is 2.21. The highest BCUT2D eigenvalue weighted by Gasteiger charge is 2.14. The summed E-state index contributed by atoms with van der Waals surface area (Å²) in [5.74, 6) is 0. The van der Waals surface area contributed by atoms with Crippen LogP contribution in [0.5, 0.6) is 0 Å². The molecule has 13 heavy (non-hydrogen) atoms. The summed E-state index contributed by atoms with van der Waals surface area (Å²) < 4.78 is 1.69. The molecule has 1 heterocycles. The summed E-state index contributed by atoms with van der Waals surface area (Å²) in [4.78, 5) is 11.5. The first kappa shape index (κ1) is 8.82. The molecule has 2 nitrogen and oxygen atoms in total. The molecule has 0 radical (unpaired) electrons. The summed E-state index contributed by atoms with van der Waals surface area (Å²) in [6.07, 6.45) is 4.46. The van der Waals surface area contributed by atoms with Crippen LogP contribution in [0, 0.1) is 0 Å². The van der Waals surface area contributed by atoms with Crippen LogP contribution < -0.4 is 5.56 Å². The molecule has 0 aromatic carbocycles. The van der Waals surface area contributed by atoms with Crippen molar-refractivity contribution in [2.24, 2.45) is 7.05 Å². The van der Waals surface area contributed by atoms with E-state index in [-0.39, 0.29) is 5.56 Å². The second-order valence-electron chi connectivity index (χ2n) is 3.54. The number of nitrogens with zero attached hydrogens (tertiary/aromatic N) is 1. The Kier molecular flexibility index (Phi) is 2.16. The van der Waals surface area contributed by atoms with Gasteiger partial charge in [0.25, 0.3) is 5.56 Å². The number of fused-ring (bicyclic) bond motifs is 1. The van der Waals surface area contributed by atoms with E-state index in [9.17, 15) is 4.79 Å². The van der Waals surface area contributed by atoms with Gasteiger partial charge >= 0.3 is 0 Å². The fraction of sp³-hybridized carbons (Fsp3) is 0.500. The first-order valence-corrected chi connectivity index (χ1v) is 4.95. The van der Waals surface area contributed by atoms with Gasteiger partial charge in [0.15, 0.2) is 0 Å². The SMILES string of the molecule is Cn1c2c(cc(Cl)c1=O)CCCC2. The van der Waals surface area contributed by atoms with Gasteiger partial charge in [-0.15, -0.1) is 0 Å². The Labute approximate surface area is 82.1 Å². The van der Waals surface area contributed by atoms with E-state index in [4.69, 9.17) is 11.6 Å². The lowest BCUT2D eigenvalue weighted by molar-refractivity contribution is 0.623. The van der Waals surface area contributed by atoms with Crippen LogP contribution in [0.1, 0.15) is 24.1 Å². The highest BCUT2D eigenvalue weighted by Crippen LogP contribution is 2.21. The lowest BCUT2D eigenvalue weighted by Crippen LogP contribution is -2.24. The van der Waals surface area contributed by atoms with Crippen LogP contribution in [-0.2, 0) is 19.9 Å². The molecule has 2 rings (SSSR count). The molecule has 0 atom stereocenters. The molecule has 70 valence electrons. The van der Waals surface area contributed by atoms with Crippen molar-refractivity contribution in [3.63, 3.8) is 0 Å². The van der Waals surface area contributed by atoms with Crippen LogP contribution in [0.4, 0.5) is 0 Å². The summed E-state index contributed by atoms with van der Waals surface area (Å²) in [5, 5.41) is 0.350. The number of hydrogen-bond donors (Lipinski definition) is 0. The molecule has 1 aliphatic rings. The molecule has 0 bridgehead atoms. The van der Waals surface area contributed by atoms with Gasteiger partial charge in [0, 0.05) is 12.7 Å². The van der Waals surface area contributed by atoms with Crippen LogP contribution in [0.15, 0.2) is 10.9 Å². The monoisotopic (exact) mass is 197 g/mol. The fourth-order valence-electron chi connectivity index (χ4n) is 1.95. The average molecular weight is 198 g/mol. The van der Waals surface area contributed by atoms with E-state index in [1.807, 2.05) is 6.07 Å². The molecule has 0 unspecified atom stereocenters. The number of hydrogen-bond acceptors (Lipinski definition) is 1. The molecule has 0 saturated heterocycles. The number of pyridine rings is 1. The minimum absolute atomic E-state index is 0.0673. The molecule has 0 fully saturated rings. The van der Waals surface area contributed by atoms with Gasteiger partial charge in [0.05, 0.1) is 0 Å². The highest BCUT2D eigenvalue weighted by atomic mass is 35.5. The van der Waals surface area contributed by atoms with Crippen LogP contribution in [0.2, 0.25) is 5.02 Å². The minimum Gasteiger partial charge on any atom is -0.314 e. The first-order chi connectivity index (χ1) is 6.20. The predicted molar refractivity (Wildman–Crippen MR) is 53.3 cm³/mol. The molecule has 1 aromatic heterocycles. The average Bonchev–Trinajstić information content (AvgIpc) is 2.15. The van der Waals surface area contributed by atoms with Crippen molar-refractivity contribution in [2.75, 3.05) is 0 Å². The van der Waals surface area contributed by atoms with Crippen LogP contribution in [0.3, 0.4) is 0 Å². The molecule has 1 aromatic rings. The molecular formula is C10H12ClNO. The Morgan fingerprint density at radius 1 is 1.38 bits per heavy atom. The smallest absolute Gasteiger partial charge is 0.269 e. The predicted octanol–water partition coefficient (Wildman–Crippen LogP) is 1.92. The molecule has 0 N–H and O–H groups in total. The van der Waals surface area contributed by atoms with Crippen molar-refractivity contribution in [1.82, 2.24) is 4.57 Å². The van der Waals surface area contributed by atoms with Gasteiger partial charge in [-0.1, -0.05) is 11.6 Å². The Morgan fingerprint density at radius 2 is 2.08 bits per heavy atom. The lowest BCUT2D eigenvalue weighted by atomic mass is 9.96. The maximum atomic E-state index is 11.5. The summed E-state index contributed by atoms with van der Waals surface area (Å²) >= 11 is 5.82. The molecule has 0 aliphatic heterocycles. The van der Waals surface area contributed by atoms with Crippen molar-refractivity contribution in [3.05, 3.63) is 32.7 Å². The van der Waals surface area contributed by atoms with Gasteiger partial charge in [-0.3, -0.25) is 4.79 Å². The van der Waals surface area contributed by atoms with Gasteiger partial charge in [0.2, 0.25) is 0 Å². The van der Waals surface area contributed by atoms with Crippen molar-refractivity contribution in [1.29, 1.82) is 0 Å². The number of aryl methyl sites for hydroxylation is 1. The van der Waals surface area contributed by atoms with E-state index in [0.717, 1.165) is 12.8 Å². The molecule has 0 spiro atoms. The Morgan fingerprint density at radius 3 is 2.85 bits per heavy atom. The maximum absolute atomic E-state index is 11.5. The zero-order chi connectivity index (χ0) is 9.42. The summed E-state index contributed by atoms with van der Waals surface area (Å²) in [6, 6.07) is 1.83. The topological polar surface area (TPSA) is 22.0 Å². The second kappa shape index (κ2) is 3.18. The van der Waals surface area contributed by atoms with Crippen LogP contribution in [0.25, 0.3) is 0 Å². The molecule has 0 amide bonds. The van der Waals surface area contributed by atoms with Crippen LogP contribution >= 0.6 is 11.6 Å². The number of rotatable bonds is 0. The summed E-state index contributed by atoms with van der Waals surface area (Å²) in [6.45, 7) is 0. The summed E-state index contributed by atoms with van der Waals surface area (Å²) in [7, 11) is 1.80. The van der Waals surface area contributed by atoms with Gasteiger partial charge in [-0.2, -0.15) is 0 Å². The third kappa shape index (κ3) is 1.39. The van der Waals surface area contributed by atoms with E-state index in [0.29, 0.717) is 5.02 Å². The zero-order valence-corrected chi connectivity index (χ0v) is 8.40. The van der Waals surface area contributed by atoms with Crippen molar-refractivity contribution >= 4 is 11.6 Å². The quantitative estimate of drug-likeness (QED) is 0.623. The number of halogens is 1. The van der Waals surface area contributed by atoms with Gasteiger partial charge in [0.1, 0.15) is 5.02 Å². The lowest BCUT2D eigenvalue weighted by Gasteiger charge is -2.18. The van der Waals surface area contributed by atoms with Crippen molar-refractivity contribution in [2.45, 2.75) is 25.7 Å². The molecule has 0 saturated carbocycles. The number of aromatic nitrogens is 1. The Bertz CT molecular complexity index is 395. The zero-order valence-electron chi connectivity index (χ0n) is 7.64. The second-order valence-corrected chi connectivity index (χ2v) is 3.94. The van der Waals surface area contributed by atoms with Crippen molar-refractivity contribution < 1.29 is 0 Å². The Balaban J connectivity index is 2.67. The van der Waals surface area contributed by atoms with Crippen LogP contribution in [-0.4, -0.2) is 4.57 Å². The summed E-state index contributed by atoms with van der Waals surface area (Å²) in [5.41, 5.74) is 2.35. The van der Waals surface area contributed by atoms with Gasteiger partial charge in [-0.25, -0.2) is 0 Å². The Hall–Kier alpha value is -0.760. The van der Waals surface area contributed by atoms with E-state index >= 15 is 0 Å². The molecule has 1 aliphatic carbocycles. The van der Waals surface area contributed by atoms with Gasteiger partial charge in [-0.05, 0) is 37.3 Å². The van der Waals surface area contributed by atoms with E-state index in [1.165, 1.54) is 24.1 Å². The highest BCUT2D eigenvalue weighted by molar-refractivity contribution is 6.30. The minimum atomic E-state index is -0.0673. The molecular weight excluding hydrogens is 186 g/mol. The van der Waals surface area contributed by atoms with E-state index in [1.54, 1.807) is 11.6 Å². The standard InChI is InChI=1S/C10H12ClNO/c1-12-9-5-3-2-4-7(9)6-8(11)10(12)13/h6H,2-5H2,1H3. The maximum Gasteiger partial charge on any atom is 0.269 e. The van der Waals surface area contributed by atoms with Crippen molar-refractivity contribution in [3.8, 4) is 0 Å². The largest absolute Gasteiger partial charge is 0.314 e. The third-order valence-corrected chi connectivity index (χ3v) is 2.97. The normalized spacial score (nSPS) is 15.5. The first-order valence-electron chi connectivity index (χ1n) is 4.57. The third-order valence-electron chi connectivity index (χ3n) is 2.70. The molecule has 3 heteroatoms. The van der Waals surface area contributed by atoms with E-state index in [2.05, 4.69) is 0 Å².